The molecule has 53 valence electrons. The Hall–Kier alpha value is 0. The second-order valence-corrected chi connectivity index (χ2v) is 3.21. The van der Waals surface area contributed by atoms with Crippen LogP contribution < -0.4 is 0 Å². The van der Waals surface area contributed by atoms with Crippen LogP contribution in [0.15, 0.2) is 0 Å². The summed E-state index contributed by atoms with van der Waals surface area (Å²) in [5.74, 6) is 0. The van der Waals surface area contributed by atoms with Gasteiger partial charge in [-0.15, -0.1) is 0 Å². The first kappa shape index (κ1) is 7.11. The van der Waals surface area contributed by atoms with Gasteiger partial charge in [0.25, 0.3) is 0 Å². The third kappa shape index (κ3) is 1.28. The molecule has 0 bridgehead atoms. The molecule has 0 aliphatic heterocycles. The summed E-state index contributed by atoms with van der Waals surface area (Å²) >= 11 is 0. The van der Waals surface area contributed by atoms with Crippen LogP contribution in [0.5, 0.6) is 0 Å². The molecule has 0 aromatic carbocycles. The first-order chi connectivity index (χ1) is 4.33. The maximum atomic E-state index is 2.42. The van der Waals surface area contributed by atoms with Gasteiger partial charge in [-0.25, -0.2) is 0 Å². The van der Waals surface area contributed by atoms with E-state index in [2.05, 4.69) is 20.3 Å². The van der Waals surface area contributed by atoms with Gasteiger partial charge < -0.3 is 0 Å². The lowest BCUT2D eigenvalue weighted by atomic mass is 9.81. The van der Waals surface area contributed by atoms with Gasteiger partial charge in [0.05, 0.1) is 0 Å². The average Bonchev–Trinajstić information content (AvgIpc) is 2.36. The molecule has 0 amide bonds. The SMILES string of the molecule is C[CH]C1(CC)CCCC1. The number of hydrogen-bond donors (Lipinski definition) is 0. The highest BCUT2D eigenvalue weighted by molar-refractivity contribution is 4.92. The van der Waals surface area contributed by atoms with Gasteiger partial charge in [0, 0.05) is 0 Å². The minimum atomic E-state index is 0.653. The normalized spacial score (nSPS) is 24.7. The molecule has 0 unspecified atom stereocenters. The van der Waals surface area contributed by atoms with E-state index < -0.39 is 0 Å². The summed E-state index contributed by atoms with van der Waals surface area (Å²) in [4.78, 5) is 0. The first-order valence-corrected chi connectivity index (χ1v) is 4.13. The zero-order valence-corrected chi connectivity index (χ0v) is 6.61. The van der Waals surface area contributed by atoms with Gasteiger partial charge in [0.15, 0.2) is 0 Å². The standard InChI is InChI=1S/C9H17/c1-3-9(4-2)7-5-6-8-9/h3H,4-8H2,1-2H3. The Bertz CT molecular complexity index is 72.0. The third-order valence-electron chi connectivity index (χ3n) is 2.92. The van der Waals surface area contributed by atoms with E-state index in [1.54, 1.807) is 0 Å². The van der Waals surface area contributed by atoms with Crippen molar-refractivity contribution in [3.63, 3.8) is 0 Å². The predicted molar refractivity (Wildman–Crippen MR) is 41.2 cm³/mol. The molecule has 0 heteroatoms. The van der Waals surface area contributed by atoms with Crippen LogP contribution in [-0.2, 0) is 0 Å². The fourth-order valence-corrected chi connectivity index (χ4v) is 1.93. The van der Waals surface area contributed by atoms with E-state index in [-0.39, 0.29) is 0 Å². The van der Waals surface area contributed by atoms with E-state index in [0.717, 1.165) is 0 Å². The van der Waals surface area contributed by atoms with Gasteiger partial charge in [0.1, 0.15) is 0 Å². The van der Waals surface area contributed by atoms with Crippen LogP contribution in [0.1, 0.15) is 46.0 Å². The second-order valence-electron chi connectivity index (χ2n) is 3.21. The van der Waals surface area contributed by atoms with Crippen molar-refractivity contribution < 1.29 is 0 Å². The lowest BCUT2D eigenvalue weighted by Crippen LogP contribution is -2.13. The van der Waals surface area contributed by atoms with E-state index >= 15 is 0 Å². The van der Waals surface area contributed by atoms with E-state index in [1.807, 2.05) is 0 Å². The Morgan fingerprint density at radius 3 is 2.11 bits per heavy atom. The van der Waals surface area contributed by atoms with Gasteiger partial charge in [0.2, 0.25) is 0 Å². The maximum Gasteiger partial charge on any atom is -0.0272 e. The topological polar surface area (TPSA) is 0 Å². The molecule has 0 atom stereocenters. The first-order valence-electron chi connectivity index (χ1n) is 4.13. The van der Waals surface area contributed by atoms with Crippen molar-refractivity contribution in [2.45, 2.75) is 46.0 Å². The zero-order chi connectivity index (χ0) is 6.74. The highest BCUT2D eigenvalue weighted by Crippen LogP contribution is 2.42. The molecule has 0 aromatic heterocycles. The molecule has 1 aliphatic rings. The van der Waals surface area contributed by atoms with E-state index in [1.165, 1.54) is 32.1 Å². The number of rotatable bonds is 2. The average molecular weight is 125 g/mol. The van der Waals surface area contributed by atoms with Crippen molar-refractivity contribution in [1.82, 2.24) is 0 Å². The Morgan fingerprint density at radius 1 is 1.33 bits per heavy atom. The van der Waals surface area contributed by atoms with Crippen molar-refractivity contribution in [1.29, 1.82) is 0 Å². The van der Waals surface area contributed by atoms with Crippen LogP contribution in [-0.4, -0.2) is 0 Å². The Morgan fingerprint density at radius 2 is 1.89 bits per heavy atom. The minimum Gasteiger partial charge on any atom is -0.0648 e. The summed E-state index contributed by atoms with van der Waals surface area (Å²) in [6.07, 6.45) is 9.57. The lowest BCUT2D eigenvalue weighted by Gasteiger charge is -2.24. The molecule has 1 saturated carbocycles. The smallest absolute Gasteiger partial charge is 0.0272 e. The molecule has 0 N–H and O–H groups in total. The fraction of sp³-hybridized carbons (Fsp3) is 0.889. The summed E-state index contributed by atoms with van der Waals surface area (Å²) < 4.78 is 0. The molecule has 1 aliphatic carbocycles. The largest absolute Gasteiger partial charge is 0.0648 e. The Kier molecular flexibility index (Phi) is 2.15. The summed E-state index contributed by atoms with van der Waals surface area (Å²) in [7, 11) is 0. The molecular weight excluding hydrogens is 108 g/mol. The van der Waals surface area contributed by atoms with Crippen LogP contribution in [0.4, 0.5) is 0 Å². The fourth-order valence-electron chi connectivity index (χ4n) is 1.93. The molecule has 1 fully saturated rings. The van der Waals surface area contributed by atoms with Crippen molar-refractivity contribution in [2.75, 3.05) is 0 Å². The van der Waals surface area contributed by atoms with Gasteiger partial charge in [-0.2, -0.15) is 0 Å². The predicted octanol–water partition coefficient (Wildman–Crippen LogP) is 3.18. The summed E-state index contributed by atoms with van der Waals surface area (Å²) in [5.41, 5.74) is 0.653. The van der Waals surface area contributed by atoms with Crippen LogP contribution in [0.3, 0.4) is 0 Å². The van der Waals surface area contributed by atoms with Crippen molar-refractivity contribution >= 4 is 0 Å². The third-order valence-corrected chi connectivity index (χ3v) is 2.92. The quantitative estimate of drug-likeness (QED) is 0.531. The van der Waals surface area contributed by atoms with E-state index in [4.69, 9.17) is 0 Å². The minimum absolute atomic E-state index is 0.653. The highest BCUT2D eigenvalue weighted by atomic mass is 14.3. The van der Waals surface area contributed by atoms with Crippen molar-refractivity contribution in [3.8, 4) is 0 Å². The maximum absolute atomic E-state index is 2.42. The van der Waals surface area contributed by atoms with Gasteiger partial charge >= 0.3 is 0 Å². The van der Waals surface area contributed by atoms with Crippen molar-refractivity contribution in [2.24, 2.45) is 5.41 Å². The Balaban J connectivity index is 2.45. The van der Waals surface area contributed by atoms with E-state index in [9.17, 15) is 0 Å². The Labute approximate surface area is 58.7 Å². The van der Waals surface area contributed by atoms with Gasteiger partial charge in [-0.3, -0.25) is 0 Å². The second kappa shape index (κ2) is 2.72. The molecular formula is C9H17. The zero-order valence-electron chi connectivity index (χ0n) is 6.61. The summed E-state index contributed by atoms with van der Waals surface area (Å²) in [5, 5.41) is 0. The molecule has 1 radical (unpaired) electrons. The number of hydrogen-bond acceptors (Lipinski definition) is 0. The molecule has 0 heterocycles. The molecule has 1 rings (SSSR count). The van der Waals surface area contributed by atoms with E-state index in [0.29, 0.717) is 5.41 Å². The monoisotopic (exact) mass is 125 g/mol. The van der Waals surface area contributed by atoms with Crippen LogP contribution in [0, 0.1) is 11.8 Å². The van der Waals surface area contributed by atoms with Gasteiger partial charge in [-0.05, 0) is 24.7 Å². The van der Waals surface area contributed by atoms with Crippen molar-refractivity contribution in [3.05, 3.63) is 6.42 Å². The molecule has 0 aromatic rings. The lowest BCUT2D eigenvalue weighted by molar-refractivity contribution is 0.347. The van der Waals surface area contributed by atoms with Gasteiger partial charge in [-0.1, -0.05) is 33.1 Å². The molecule has 0 spiro atoms. The van der Waals surface area contributed by atoms with Crippen LogP contribution in [0.2, 0.25) is 0 Å². The van der Waals surface area contributed by atoms with Crippen LogP contribution in [0.25, 0.3) is 0 Å². The molecule has 0 nitrogen and oxygen atoms in total. The molecule has 0 saturated heterocycles. The molecule has 9 heavy (non-hydrogen) atoms. The highest BCUT2D eigenvalue weighted by Gasteiger charge is 2.29. The summed E-state index contributed by atoms with van der Waals surface area (Å²) in [6.45, 7) is 4.53. The van der Waals surface area contributed by atoms with Crippen LogP contribution >= 0.6 is 0 Å². The summed E-state index contributed by atoms with van der Waals surface area (Å²) in [6, 6.07) is 0.